The Balaban J connectivity index is 1.63. The van der Waals surface area contributed by atoms with Gasteiger partial charge in [0.1, 0.15) is 0 Å². The molecule has 0 radical (unpaired) electrons. The van der Waals surface area contributed by atoms with Crippen molar-refractivity contribution in [3.63, 3.8) is 0 Å². The second-order valence-corrected chi connectivity index (χ2v) is 6.54. The minimum absolute atomic E-state index is 0.170. The van der Waals surface area contributed by atoms with Gasteiger partial charge in [0, 0.05) is 36.9 Å². The topological polar surface area (TPSA) is 45.1 Å². The molecule has 1 aliphatic carbocycles. The SMILES string of the molecule is O/N=C1/CCN(C2CCOC3(CCC3)C2)c2ccccc21. The van der Waals surface area contributed by atoms with E-state index in [0.717, 1.165) is 43.7 Å². The second-order valence-electron chi connectivity index (χ2n) is 6.54. The van der Waals surface area contributed by atoms with Crippen LogP contribution in [0.25, 0.3) is 0 Å². The van der Waals surface area contributed by atoms with E-state index >= 15 is 0 Å². The van der Waals surface area contributed by atoms with Crippen molar-refractivity contribution in [3.05, 3.63) is 29.8 Å². The van der Waals surface area contributed by atoms with Crippen LogP contribution < -0.4 is 4.90 Å². The number of hydrogen-bond donors (Lipinski definition) is 1. The van der Waals surface area contributed by atoms with Crippen LogP contribution in [-0.4, -0.2) is 35.7 Å². The van der Waals surface area contributed by atoms with E-state index in [0.29, 0.717) is 6.04 Å². The van der Waals surface area contributed by atoms with Gasteiger partial charge in [0.25, 0.3) is 0 Å². The summed E-state index contributed by atoms with van der Waals surface area (Å²) in [6, 6.07) is 8.87. The van der Waals surface area contributed by atoms with E-state index in [-0.39, 0.29) is 5.60 Å². The van der Waals surface area contributed by atoms with Crippen LogP contribution in [0.2, 0.25) is 0 Å². The number of oxime groups is 1. The van der Waals surface area contributed by atoms with Gasteiger partial charge < -0.3 is 14.8 Å². The molecule has 2 aliphatic heterocycles. The fourth-order valence-corrected chi connectivity index (χ4v) is 4.12. The standard InChI is InChI=1S/C17H22N2O2/c20-18-15-6-10-19(16-5-2-1-4-14(15)16)13-7-11-21-17(12-13)8-3-9-17/h1-2,4-5,13,20H,3,6-12H2/b18-15-. The largest absolute Gasteiger partial charge is 0.411 e. The number of hydrogen-bond acceptors (Lipinski definition) is 4. The highest BCUT2D eigenvalue weighted by Gasteiger charge is 2.44. The van der Waals surface area contributed by atoms with E-state index in [1.807, 2.05) is 6.07 Å². The Bertz CT molecular complexity index is 566. The predicted molar refractivity (Wildman–Crippen MR) is 82.3 cm³/mol. The van der Waals surface area contributed by atoms with Crippen molar-refractivity contribution in [2.45, 2.75) is 50.2 Å². The Morgan fingerprint density at radius 2 is 2.14 bits per heavy atom. The maximum absolute atomic E-state index is 9.21. The molecule has 1 saturated heterocycles. The van der Waals surface area contributed by atoms with Crippen LogP contribution in [0.1, 0.15) is 44.1 Å². The zero-order valence-electron chi connectivity index (χ0n) is 12.3. The van der Waals surface area contributed by atoms with Gasteiger partial charge in [-0.15, -0.1) is 0 Å². The Kier molecular flexibility index (Phi) is 3.14. The summed E-state index contributed by atoms with van der Waals surface area (Å²) >= 11 is 0. The smallest absolute Gasteiger partial charge is 0.0906 e. The van der Waals surface area contributed by atoms with Crippen molar-refractivity contribution >= 4 is 11.4 Å². The molecule has 1 aromatic rings. The van der Waals surface area contributed by atoms with Crippen LogP contribution in [0.15, 0.2) is 29.4 Å². The average molecular weight is 286 g/mol. The van der Waals surface area contributed by atoms with Crippen LogP contribution >= 0.6 is 0 Å². The number of anilines is 1. The third kappa shape index (κ3) is 2.13. The normalized spacial score (nSPS) is 29.2. The molecule has 3 aliphatic rings. The molecule has 2 heterocycles. The first-order valence-corrected chi connectivity index (χ1v) is 8.02. The van der Waals surface area contributed by atoms with Crippen molar-refractivity contribution in [1.29, 1.82) is 0 Å². The van der Waals surface area contributed by atoms with E-state index < -0.39 is 0 Å². The molecule has 0 aromatic heterocycles. The number of fused-ring (bicyclic) bond motifs is 1. The highest BCUT2D eigenvalue weighted by atomic mass is 16.5. The predicted octanol–water partition coefficient (Wildman–Crippen LogP) is 3.18. The summed E-state index contributed by atoms with van der Waals surface area (Å²) in [5, 5.41) is 12.7. The summed E-state index contributed by atoms with van der Waals surface area (Å²) < 4.78 is 6.06. The molecule has 1 aromatic carbocycles. The van der Waals surface area contributed by atoms with Crippen LogP contribution in [0, 0.1) is 0 Å². The summed E-state index contributed by atoms with van der Waals surface area (Å²) in [5.41, 5.74) is 3.29. The van der Waals surface area contributed by atoms with Gasteiger partial charge in [0.2, 0.25) is 0 Å². The Hall–Kier alpha value is -1.55. The van der Waals surface area contributed by atoms with E-state index in [4.69, 9.17) is 4.74 Å². The van der Waals surface area contributed by atoms with Crippen LogP contribution in [0.4, 0.5) is 5.69 Å². The number of ether oxygens (including phenoxy) is 1. The molecule has 112 valence electrons. The van der Waals surface area contributed by atoms with Crippen molar-refractivity contribution in [1.82, 2.24) is 0 Å². The molecule has 21 heavy (non-hydrogen) atoms. The molecule has 1 atom stereocenters. The lowest BCUT2D eigenvalue weighted by Gasteiger charge is -2.50. The van der Waals surface area contributed by atoms with Crippen LogP contribution in [0.3, 0.4) is 0 Å². The number of nitrogens with zero attached hydrogens (tertiary/aromatic N) is 2. The second kappa shape index (κ2) is 5.02. The van der Waals surface area contributed by atoms with E-state index in [2.05, 4.69) is 28.3 Å². The summed E-state index contributed by atoms with van der Waals surface area (Å²) in [5.74, 6) is 0. The quantitative estimate of drug-likeness (QED) is 0.637. The number of para-hydroxylation sites is 1. The maximum Gasteiger partial charge on any atom is 0.0906 e. The summed E-state index contributed by atoms with van der Waals surface area (Å²) in [7, 11) is 0. The molecular weight excluding hydrogens is 264 g/mol. The molecule has 1 spiro atoms. The summed E-state index contributed by atoms with van der Waals surface area (Å²) in [4.78, 5) is 2.52. The van der Waals surface area contributed by atoms with Crippen LogP contribution in [-0.2, 0) is 4.74 Å². The van der Waals surface area contributed by atoms with E-state index in [1.165, 1.54) is 24.9 Å². The van der Waals surface area contributed by atoms with Gasteiger partial charge in [-0.25, -0.2) is 0 Å². The molecule has 1 saturated carbocycles. The lowest BCUT2D eigenvalue weighted by Crippen LogP contribution is -2.53. The minimum Gasteiger partial charge on any atom is -0.411 e. The van der Waals surface area contributed by atoms with Gasteiger partial charge in [-0.1, -0.05) is 23.4 Å². The van der Waals surface area contributed by atoms with Gasteiger partial charge in [0.15, 0.2) is 0 Å². The van der Waals surface area contributed by atoms with E-state index in [1.54, 1.807) is 0 Å². The Labute approximate surface area is 125 Å². The zero-order chi connectivity index (χ0) is 14.3. The summed E-state index contributed by atoms with van der Waals surface area (Å²) in [6.45, 7) is 1.82. The molecule has 4 nitrogen and oxygen atoms in total. The first kappa shape index (κ1) is 13.1. The molecule has 1 unspecified atom stereocenters. The highest BCUT2D eigenvalue weighted by Crippen LogP contribution is 2.44. The first-order valence-electron chi connectivity index (χ1n) is 8.02. The molecule has 0 bridgehead atoms. The fraction of sp³-hybridized carbons (Fsp3) is 0.588. The third-order valence-corrected chi connectivity index (χ3v) is 5.41. The number of benzene rings is 1. The first-order chi connectivity index (χ1) is 10.3. The van der Waals surface area contributed by atoms with Crippen molar-refractivity contribution in [3.8, 4) is 0 Å². The Morgan fingerprint density at radius 1 is 1.29 bits per heavy atom. The molecule has 4 rings (SSSR count). The van der Waals surface area contributed by atoms with Gasteiger partial charge in [-0.3, -0.25) is 0 Å². The Morgan fingerprint density at radius 3 is 2.90 bits per heavy atom. The molecule has 4 heteroatoms. The zero-order valence-corrected chi connectivity index (χ0v) is 12.3. The maximum atomic E-state index is 9.21. The van der Waals surface area contributed by atoms with Gasteiger partial charge >= 0.3 is 0 Å². The lowest BCUT2D eigenvalue weighted by molar-refractivity contribution is -0.132. The van der Waals surface area contributed by atoms with Gasteiger partial charge in [0.05, 0.1) is 11.3 Å². The van der Waals surface area contributed by atoms with Crippen molar-refractivity contribution in [2.75, 3.05) is 18.1 Å². The van der Waals surface area contributed by atoms with E-state index in [9.17, 15) is 5.21 Å². The van der Waals surface area contributed by atoms with Crippen molar-refractivity contribution < 1.29 is 9.94 Å². The van der Waals surface area contributed by atoms with Gasteiger partial charge in [-0.05, 0) is 38.2 Å². The fourth-order valence-electron chi connectivity index (χ4n) is 4.12. The van der Waals surface area contributed by atoms with Crippen LogP contribution in [0.5, 0.6) is 0 Å². The van der Waals surface area contributed by atoms with Crippen molar-refractivity contribution in [2.24, 2.45) is 5.16 Å². The minimum atomic E-state index is 0.170. The number of rotatable bonds is 1. The summed E-state index contributed by atoms with van der Waals surface area (Å²) in [6.07, 6.45) is 6.82. The molecule has 2 fully saturated rings. The monoisotopic (exact) mass is 286 g/mol. The molecule has 1 N–H and O–H groups in total. The highest BCUT2D eigenvalue weighted by molar-refractivity contribution is 6.06. The lowest BCUT2D eigenvalue weighted by atomic mass is 9.73. The third-order valence-electron chi connectivity index (χ3n) is 5.41. The molecular formula is C17H22N2O2. The molecule has 0 amide bonds. The van der Waals surface area contributed by atoms with Gasteiger partial charge in [-0.2, -0.15) is 0 Å². The average Bonchev–Trinajstić information content (AvgIpc) is 2.52.